The molecule has 0 radical (unpaired) electrons. The first kappa shape index (κ1) is 17.9. The van der Waals surface area contributed by atoms with Gasteiger partial charge in [0.25, 0.3) is 11.8 Å². The summed E-state index contributed by atoms with van der Waals surface area (Å²) in [5.41, 5.74) is 2.25. The Bertz CT molecular complexity index is 789. The first-order chi connectivity index (χ1) is 12.6. The second kappa shape index (κ2) is 8.01. The molecule has 26 heavy (non-hydrogen) atoms. The van der Waals surface area contributed by atoms with E-state index in [1.165, 1.54) is 0 Å². The van der Waals surface area contributed by atoms with Gasteiger partial charge < -0.3 is 19.6 Å². The predicted molar refractivity (Wildman–Crippen MR) is 98.2 cm³/mol. The fraction of sp³-hybridized carbons (Fsp3) is 0.300. The predicted octanol–water partition coefficient (Wildman–Crippen LogP) is 2.07. The van der Waals surface area contributed by atoms with Crippen LogP contribution >= 0.6 is 0 Å². The van der Waals surface area contributed by atoms with E-state index in [1.54, 1.807) is 21.9 Å². The normalized spacial score (nSPS) is 13.2. The Morgan fingerprint density at radius 1 is 1.19 bits per heavy atom. The first-order valence-electron chi connectivity index (χ1n) is 8.65. The summed E-state index contributed by atoms with van der Waals surface area (Å²) < 4.78 is 5.45. The Morgan fingerprint density at radius 3 is 2.62 bits per heavy atom. The second-order valence-electron chi connectivity index (χ2n) is 6.04. The SMILES string of the molecule is CCN(CCO)C(=O)c1ccc(CN2C(=O)COc3ccccc32)cc1. The molecular formula is C20H22N2O4. The molecular weight excluding hydrogens is 332 g/mol. The lowest BCUT2D eigenvalue weighted by Gasteiger charge is -2.29. The summed E-state index contributed by atoms with van der Waals surface area (Å²) in [6.45, 7) is 3.12. The number of nitrogens with zero attached hydrogens (tertiary/aromatic N) is 2. The Labute approximate surface area is 152 Å². The maximum absolute atomic E-state index is 12.4. The van der Waals surface area contributed by atoms with Crippen LogP contribution in [0.25, 0.3) is 0 Å². The van der Waals surface area contributed by atoms with Gasteiger partial charge in [-0.3, -0.25) is 9.59 Å². The van der Waals surface area contributed by atoms with Crippen LogP contribution < -0.4 is 9.64 Å². The zero-order valence-corrected chi connectivity index (χ0v) is 14.7. The van der Waals surface area contributed by atoms with Crippen LogP contribution in [0.1, 0.15) is 22.8 Å². The van der Waals surface area contributed by atoms with Crippen LogP contribution in [-0.4, -0.2) is 48.1 Å². The minimum atomic E-state index is -0.110. The molecule has 3 rings (SSSR count). The third kappa shape index (κ3) is 3.70. The van der Waals surface area contributed by atoms with E-state index in [9.17, 15) is 9.59 Å². The van der Waals surface area contributed by atoms with E-state index in [0.717, 1.165) is 11.3 Å². The number of hydrogen-bond donors (Lipinski definition) is 1. The highest BCUT2D eigenvalue weighted by atomic mass is 16.5. The molecule has 2 amide bonds. The van der Waals surface area contributed by atoms with Crippen molar-refractivity contribution in [3.05, 3.63) is 59.7 Å². The highest BCUT2D eigenvalue weighted by Crippen LogP contribution is 2.32. The van der Waals surface area contributed by atoms with Crippen LogP contribution in [0.5, 0.6) is 5.75 Å². The van der Waals surface area contributed by atoms with Gasteiger partial charge in [0, 0.05) is 18.7 Å². The summed E-state index contributed by atoms with van der Waals surface area (Å²) in [6.07, 6.45) is 0. The molecule has 6 heteroatoms. The average Bonchev–Trinajstić information content (AvgIpc) is 2.68. The molecule has 0 atom stereocenters. The van der Waals surface area contributed by atoms with Gasteiger partial charge in [0.05, 0.1) is 18.8 Å². The van der Waals surface area contributed by atoms with Gasteiger partial charge in [0.1, 0.15) is 5.75 Å². The van der Waals surface area contributed by atoms with Crippen molar-refractivity contribution in [2.75, 3.05) is 31.2 Å². The Balaban J connectivity index is 1.76. The minimum absolute atomic E-state index is 0.0280. The van der Waals surface area contributed by atoms with E-state index in [0.29, 0.717) is 30.9 Å². The van der Waals surface area contributed by atoms with Crippen molar-refractivity contribution >= 4 is 17.5 Å². The second-order valence-corrected chi connectivity index (χ2v) is 6.04. The van der Waals surface area contributed by atoms with E-state index >= 15 is 0 Å². The topological polar surface area (TPSA) is 70.1 Å². The molecule has 6 nitrogen and oxygen atoms in total. The molecule has 0 bridgehead atoms. The molecule has 2 aromatic rings. The number of rotatable bonds is 6. The standard InChI is InChI=1S/C20H22N2O4/c1-2-21(11-12-23)20(25)16-9-7-15(8-10-16)13-22-17-5-3-4-6-18(17)26-14-19(22)24/h3-10,23H,2,11-14H2,1H3. The number of anilines is 1. The van der Waals surface area contributed by atoms with Crippen molar-refractivity contribution in [3.8, 4) is 5.75 Å². The number of aliphatic hydroxyl groups is 1. The summed E-state index contributed by atoms with van der Waals surface area (Å²) >= 11 is 0. The van der Waals surface area contributed by atoms with Crippen molar-refractivity contribution in [2.45, 2.75) is 13.5 Å². The largest absolute Gasteiger partial charge is 0.482 e. The van der Waals surface area contributed by atoms with Crippen LogP contribution in [0.4, 0.5) is 5.69 Å². The number of para-hydroxylation sites is 2. The fourth-order valence-corrected chi connectivity index (χ4v) is 2.97. The number of likely N-dealkylation sites (N-methyl/N-ethyl adjacent to an activating group) is 1. The number of aliphatic hydroxyl groups excluding tert-OH is 1. The van der Waals surface area contributed by atoms with Gasteiger partial charge >= 0.3 is 0 Å². The van der Waals surface area contributed by atoms with Gasteiger partial charge in [0.15, 0.2) is 6.61 Å². The summed E-state index contributed by atoms with van der Waals surface area (Å²) in [5.74, 6) is 0.492. The first-order valence-corrected chi connectivity index (χ1v) is 8.65. The third-order valence-electron chi connectivity index (χ3n) is 4.39. The number of fused-ring (bicyclic) bond motifs is 1. The van der Waals surface area contributed by atoms with E-state index in [2.05, 4.69) is 0 Å². The fourth-order valence-electron chi connectivity index (χ4n) is 2.97. The molecule has 1 N–H and O–H groups in total. The monoisotopic (exact) mass is 354 g/mol. The molecule has 136 valence electrons. The highest BCUT2D eigenvalue weighted by molar-refractivity contribution is 5.98. The van der Waals surface area contributed by atoms with Crippen LogP contribution in [0, 0.1) is 0 Å². The van der Waals surface area contributed by atoms with Crippen LogP contribution in [0.2, 0.25) is 0 Å². The average molecular weight is 354 g/mol. The lowest BCUT2D eigenvalue weighted by molar-refractivity contribution is -0.121. The zero-order chi connectivity index (χ0) is 18.5. The lowest BCUT2D eigenvalue weighted by Crippen LogP contribution is -2.38. The zero-order valence-electron chi connectivity index (χ0n) is 14.7. The number of carbonyl (C=O) groups excluding carboxylic acids is 2. The molecule has 0 aliphatic carbocycles. The van der Waals surface area contributed by atoms with Crippen molar-refractivity contribution in [1.82, 2.24) is 4.90 Å². The molecule has 1 heterocycles. The van der Waals surface area contributed by atoms with Gasteiger partial charge in [-0.1, -0.05) is 24.3 Å². The van der Waals surface area contributed by atoms with Crippen molar-refractivity contribution in [2.24, 2.45) is 0 Å². The van der Waals surface area contributed by atoms with Crippen LogP contribution in [0.15, 0.2) is 48.5 Å². The number of ether oxygens (including phenoxy) is 1. The van der Waals surface area contributed by atoms with Crippen LogP contribution in [0.3, 0.4) is 0 Å². The van der Waals surface area contributed by atoms with E-state index < -0.39 is 0 Å². The lowest BCUT2D eigenvalue weighted by atomic mass is 10.1. The molecule has 0 saturated heterocycles. The Hall–Kier alpha value is -2.86. The van der Waals surface area contributed by atoms with Gasteiger partial charge in [-0.2, -0.15) is 0 Å². The minimum Gasteiger partial charge on any atom is -0.482 e. The number of amides is 2. The van der Waals surface area contributed by atoms with Gasteiger partial charge in [-0.05, 0) is 36.8 Å². The quantitative estimate of drug-likeness (QED) is 0.862. The summed E-state index contributed by atoms with van der Waals surface area (Å²) in [6, 6.07) is 14.7. The molecule has 0 unspecified atom stereocenters. The Morgan fingerprint density at radius 2 is 1.92 bits per heavy atom. The number of hydrogen-bond acceptors (Lipinski definition) is 4. The summed E-state index contributed by atoms with van der Waals surface area (Å²) in [7, 11) is 0. The molecule has 2 aromatic carbocycles. The van der Waals surface area contributed by atoms with E-state index in [4.69, 9.17) is 9.84 Å². The van der Waals surface area contributed by atoms with Gasteiger partial charge in [-0.15, -0.1) is 0 Å². The van der Waals surface area contributed by atoms with E-state index in [-0.39, 0.29) is 25.0 Å². The maximum Gasteiger partial charge on any atom is 0.265 e. The van der Waals surface area contributed by atoms with E-state index in [1.807, 2.05) is 43.3 Å². The molecule has 0 fully saturated rings. The molecule has 1 aliphatic heterocycles. The summed E-state index contributed by atoms with van der Waals surface area (Å²) in [5, 5.41) is 9.05. The number of benzene rings is 2. The van der Waals surface area contributed by atoms with Gasteiger partial charge in [0.2, 0.25) is 0 Å². The maximum atomic E-state index is 12.4. The van der Waals surface area contributed by atoms with Crippen molar-refractivity contribution in [3.63, 3.8) is 0 Å². The summed E-state index contributed by atoms with van der Waals surface area (Å²) in [4.78, 5) is 28.0. The van der Waals surface area contributed by atoms with Crippen LogP contribution in [-0.2, 0) is 11.3 Å². The van der Waals surface area contributed by atoms with Crippen molar-refractivity contribution in [1.29, 1.82) is 0 Å². The molecule has 0 spiro atoms. The molecule has 0 aromatic heterocycles. The highest BCUT2D eigenvalue weighted by Gasteiger charge is 2.25. The molecule has 1 aliphatic rings. The van der Waals surface area contributed by atoms with Gasteiger partial charge in [-0.25, -0.2) is 0 Å². The van der Waals surface area contributed by atoms with Crippen molar-refractivity contribution < 1.29 is 19.4 Å². The Kier molecular flexibility index (Phi) is 5.53. The molecule has 0 saturated carbocycles. The smallest absolute Gasteiger partial charge is 0.265 e. The third-order valence-corrected chi connectivity index (χ3v) is 4.39. The number of carbonyl (C=O) groups is 2.